The van der Waals surface area contributed by atoms with E-state index in [-0.39, 0.29) is 5.91 Å². The zero-order valence-corrected chi connectivity index (χ0v) is 17.7. The van der Waals surface area contributed by atoms with Gasteiger partial charge >= 0.3 is 0 Å². The first-order valence-electron chi connectivity index (χ1n) is 8.62. The molecule has 0 aliphatic carbocycles. The van der Waals surface area contributed by atoms with Gasteiger partial charge < -0.3 is 10.1 Å². The second kappa shape index (κ2) is 7.98. The molecule has 1 atom stereocenters. The third-order valence-electron chi connectivity index (χ3n) is 4.09. The van der Waals surface area contributed by atoms with E-state index >= 15 is 0 Å². The molecule has 0 radical (unpaired) electrons. The molecule has 0 spiro atoms. The minimum atomic E-state index is -0.755. The number of nitrogens with one attached hydrogen (secondary N) is 1. The summed E-state index contributed by atoms with van der Waals surface area (Å²) in [5.41, 5.74) is 1.50. The second-order valence-corrected chi connectivity index (χ2v) is 8.05. The van der Waals surface area contributed by atoms with Crippen molar-refractivity contribution in [3.8, 4) is 16.3 Å². The Hall–Kier alpha value is -2.68. The lowest BCUT2D eigenvalue weighted by Crippen LogP contribution is -2.30. The lowest BCUT2D eigenvalue weighted by Gasteiger charge is -2.16. The number of nitrogens with zero attached hydrogens (tertiary/aromatic N) is 4. The van der Waals surface area contributed by atoms with Crippen LogP contribution in [-0.4, -0.2) is 31.8 Å². The monoisotopic (exact) mass is 447 g/mol. The van der Waals surface area contributed by atoms with E-state index in [0.29, 0.717) is 26.4 Å². The smallest absolute Gasteiger partial charge is 0.265 e. The summed E-state index contributed by atoms with van der Waals surface area (Å²) in [5.74, 6) is 0.809. The number of aromatic nitrogens is 4. The number of benzene rings is 2. The first kappa shape index (κ1) is 19.6. The van der Waals surface area contributed by atoms with E-state index in [9.17, 15) is 4.79 Å². The standard InChI is InChI=1S/C19H15Cl2N5O2S/c1-10(28-16-7-6-13(20)9-15(16)21)17(27)22-14-5-3-4-12(8-14)18-25-26-11(2)23-24-19(26)29-18/h3-10H,1-2H3,(H,22,27)/t10-/m1/s1. The molecular weight excluding hydrogens is 433 g/mol. The number of anilines is 1. The number of halogens is 2. The molecule has 0 aliphatic rings. The van der Waals surface area contributed by atoms with Crippen molar-refractivity contribution in [2.45, 2.75) is 20.0 Å². The topological polar surface area (TPSA) is 81.4 Å². The van der Waals surface area contributed by atoms with Crippen molar-refractivity contribution in [3.05, 3.63) is 58.3 Å². The SMILES string of the molecule is Cc1nnc2sc(-c3cccc(NC(=O)[C@@H](C)Oc4ccc(Cl)cc4Cl)c3)nn12. The molecule has 4 aromatic rings. The predicted molar refractivity (Wildman–Crippen MR) is 114 cm³/mol. The molecule has 0 fully saturated rings. The predicted octanol–water partition coefficient (Wildman–Crippen LogP) is 4.87. The van der Waals surface area contributed by atoms with Gasteiger partial charge in [0.15, 0.2) is 11.9 Å². The molecule has 2 heterocycles. The maximum Gasteiger partial charge on any atom is 0.265 e. The number of hydrogen-bond acceptors (Lipinski definition) is 6. The molecule has 1 amide bonds. The van der Waals surface area contributed by atoms with Gasteiger partial charge in [-0.15, -0.1) is 10.2 Å². The number of rotatable bonds is 5. The highest BCUT2D eigenvalue weighted by Crippen LogP contribution is 2.29. The maximum absolute atomic E-state index is 12.5. The minimum absolute atomic E-state index is 0.304. The quantitative estimate of drug-likeness (QED) is 0.471. The fraction of sp³-hybridized carbons (Fsp3) is 0.158. The fourth-order valence-electron chi connectivity index (χ4n) is 2.62. The Morgan fingerprint density at radius 2 is 2.03 bits per heavy atom. The molecule has 2 aromatic carbocycles. The lowest BCUT2D eigenvalue weighted by molar-refractivity contribution is -0.122. The van der Waals surface area contributed by atoms with Crippen LogP contribution in [0.1, 0.15) is 12.7 Å². The van der Waals surface area contributed by atoms with Gasteiger partial charge in [-0.05, 0) is 44.2 Å². The summed E-state index contributed by atoms with van der Waals surface area (Å²) in [6.07, 6.45) is -0.755. The van der Waals surface area contributed by atoms with Crippen LogP contribution in [0.25, 0.3) is 15.5 Å². The van der Waals surface area contributed by atoms with Gasteiger partial charge in [0, 0.05) is 16.3 Å². The summed E-state index contributed by atoms with van der Waals surface area (Å²) < 4.78 is 7.35. The van der Waals surface area contributed by atoms with E-state index in [4.69, 9.17) is 27.9 Å². The number of fused-ring (bicyclic) bond motifs is 1. The molecule has 0 unspecified atom stereocenters. The van der Waals surface area contributed by atoms with Crippen LogP contribution in [0.4, 0.5) is 5.69 Å². The Morgan fingerprint density at radius 1 is 1.21 bits per heavy atom. The zero-order chi connectivity index (χ0) is 20.5. The summed E-state index contributed by atoms with van der Waals surface area (Å²) in [5, 5.41) is 17.1. The third kappa shape index (κ3) is 4.19. The van der Waals surface area contributed by atoms with Crippen LogP contribution < -0.4 is 10.1 Å². The molecule has 4 rings (SSSR count). The molecular formula is C19H15Cl2N5O2S. The van der Waals surface area contributed by atoms with E-state index in [1.54, 1.807) is 35.7 Å². The molecule has 2 aromatic heterocycles. The molecule has 1 N–H and O–H groups in total. The van der Waals surface area contributed by atoms with Crippen molar-refractivity contribution in [1.82, 2.24) is 19.8 Å². The summed E-state index contributed by atoms with van der Waals surface area (Å²) >= 11 is 13.4. The van der Waals surface area contributed by atoms with Crippen molar-refractivity contribution in [2.75, 3.05) is 5.32 Å². The zero-order valence-electron chi connectivity index (χ0n) is 15.4. The van der Waals surface area contributed by atoms with E-state index < -0.39 is 6.10 Å². The highest BCUT2D eigenvalue weighted by Gasteiger charge is 2.17. The van der Waals surface area contributed by atoms with Crippen molar-refractivity contribution in [1.29, 1.82) is 0 Å². The van der Waals surface area contributed by atoms with Gasteiger partial charge in [-0.2, -0.15) is 9.61 Å². The van der Waals surface area contributed by atoms with Crippen LogP contribution in [0.15, 0.2) is 42.5 Å². The highest BCUT2D eigenvalue weighted by atomic mass is 35.5. The summed E-state index contributed by atoms with van der Waals surface area (Å²) in [7, 11) is 0. The average molecular weight is 448 g/mol. The Bertz CT molecular complexity index is 1210. The van der Waals surface area contributed by atoms with E-state index in [1.165, 1.54) is 11.3 Å². The van der Waals surface area contributed by atoms with Crippen molar-refractivity contribution in [2.24, 2.45) is 0 Å². The summed E-state index contributed by atoms with van der Waals surface area (Å²) in [6, 6.07) is 12.3. The van der Waals surface area contributed by atoms with Crippen LogP contribution in [-0.2, 0) is 4.79 Å². The maximum atomic E-state index is 12.5. The van der Waals surface area contributed by atoms with Gasteiger partial charge in [-0.3, -0.25) is 4.79 Å². The minimum Gasteiger partial charge on any atom is -0.479 e. The summed E-state index contributed by atoms with van der Waals surface area (Å²) in [4.78, 5) is 13.3. The number of carbonyl (C=O) groups is 1. The number of hydrogen-bond donors (Lipinski definition) is 1. The van der Waals surface area contributed by atoms with Crippen molar-refractivity contribution < 1.29 is 9.53 Å². The molecule has 0 bridgehead atoms. The van der Waals surface area contributed by atoms with Gasteiger partial charge in [0.1, 0.15) is 10.8 Å². The van der Waals surface area contributed by atoms with E-state index in [2.05, 4.69) is 20.6 Å². The molecule has 0 saturated carbocycles. The first-order valence-corrected chi connectivity index (χ1v) is 10.2. The van der Waals surface area contributed by atoms with Crippen LogP contribution in [0.5, 0.6) is 5.75 Å². The molecule has 0 aliphatic heterocycles. The number of amides is 1. The normalized spacial score (nSPS) is 12.1. The lowest BCUT2D eigenvalue weighted by atomic mass is 10.2. The number of ether oxygens (including phenoxy) is 1. The van der Waals surface area contributed by atoms with Gasteiger partial charge in [-0.1, -0.05) is 46.7 Å². The summed E-state index contributed by atoms with van der Waals surface area (Å²) in [6.45, 7) is 3.49. The molecule has 0 saturated heterocycles. The number of carbonyl (C=O) groups excluding carboxylic acids is 1. The molecule has 7 nitrogen and oxygen atoms in total. The second-order valence-electron chi connectivity index (χ2n) is 6.25. The highest BCUT2D eigenvalue weighted by molar-refractivity contribution is 7.19. The van der Waals surface area contributed by atoms with Gasteiger partial charge in [0.25, 0.3) is 5.91 Å². The van der Waals surface area contributed by atoms with Crippen LogP contribution in [0, 0.1) is 6.92 Å². The van der Waals surface area contributed by atoms with Crippen LogP contribution in [0.2, 0.25) is 10.0 Å². The van der Waals surface area contributed by atoms with E-state index in [0.717, 1.165) is 16.4 Å². The van der Waals surface area contributed by atoms with Crippen LogP contribution >= 0.6 is 34.5 Å². The van der Waals surface area contributed by atoms with Crippen molar-refractivity contribution >= 4 is 51.1 Å². The average Bonchev–Trinajstić information content (AvgIpc) is 3.26. The molecule has 148 valence electrons. The van der Waals surface area contributed by atoms with Gasteiger partial charge in [0.05, 0.1) is 5.02 Å². The Morgan fingerprint density at radius 3 is 2.79 bits per heavy atom. The largest absolute Gasteiger partial charge is 0.479 e. The number of aryl methyl sites for hydroxylation is 1. The Kier molecular flexibility index (Phi) is 5.40. The van der Waals surface area contributed by atoms with Gasteiger partial charge in [0.2, 0.25) is 4.96 Å². The first-order chi connectivity index (χ1) is 13.9. The molecule has 10 heteroatoms. The fourth-order valence-corrected chi connectivity index (χ4v) is 3.95. The van der Waals surface area contributed by atoms with Gasteiger partial charge in [-0.25, -0.2) is 0 Å². The van der Waals surface area contributed by atoms with Crippen molar-refractivity contribution in [3.63, 3.8) is 0 Å². The van der Waals surface area contributed by atoms with E-state index in [1.807, 2.05) is 25.1 Å². The Balaban J connectivity index is 1.48. The molecule has 29 heavy (non-hydrogen) atoms. The third-order valence-corrected chi connectivity index (χ3v) is 5.57. The Labute approximate surface area is 180 Å². The van der Waals surface area contributed by atoms with Crippen LogP contribution in [0.3, 0.4) is 0 Å².